The van der Waals surface area contributed by atoms with Crippen molar-refractivity contribution in [3.8, 4) is 0 Å². The van der Waals surface area contributed by atoms with E-state index in [0.717, 1.165) is 51.4 Å². The fourth-order valence-corrected chi connectivity index (χ4v) is 3.77. The van der Waals surface area contributed by atoms with E-state index in [0.29, 0.717) is 19.4 Å². The molecule has 0 heterocycles. The van der Waals surface area contributed by atoms with E-state index in [4.69, 9.17) is 9.05 Å². The maximum atomic E-state index is 12.7. The molecule has 0 rings (SSSR count). The Morgan fingerprint density at radius 2 is 1.10 bits per heavy atom. The summed E-state index contributed by atoms with van der Waals surface area (Å²) in [6.45, 7) is 7.65. The van der Waals surface area contributed by atoms with Gasteiger partial charge in [-0.15, -0.1) is 0 Å². The zero-order valence-corrected chi connectivity index (χ0v) is 14.8. The lowest BCUT2D eigenvalue weighted by molar-refractivity contribution is 0.197. The van der Waals surface area contributed by atoms with Crippen molar-refractivity contribution in [1.82, 2.24) is 0 Å². The van der Waals surface area contributed by atoms with Gasteiger partial charge in [0.25, 0.3) is 0 Å². The lowest BCUT2D eigenvalue weighted by Crippen LogP contribution is -2.03. The molecule has 0 aliphatic carbocycles. The first-order valence-corrected chi connectivity index (χ1v) is 10.3. The molecule has 0 aromatic carbocycles. The van der Waals surface area contributed by atoms with Crippen LogP contribution in [0.4, 0.5) is 0 Å². The minimum absolute atomic E-state index is 0.576. The van der Waals surface area contributed by atoms with Crippen LogP contribution in [0.1, 0.15) is 85.0 Å². The van der Waals surface area contributed by atoms with Crippen LogP contribution in [0, 0.1) is 0 Å². The third-order valence-electron chi connectivity index (χ3n) is 3.36. The summed E-state index contributed by atoms with van der Waals surface area (Å²) in [5.41, 5.74) is 0. The molecule has 0 N–H and O–H groups in total. The van der Waals surface area contributed by atoms with Gasteiger partial charge in [-0.2, -0.15) is 0 Å². The largest absolute Gasteiger partial charge is 0.330 e. The van der Waals surface area contributed by atoms with Crippen LogP contribution >= 0.6 is 7.60 Å². The molecule has 0 bridgehead atoms. The molecule has 0 spiro atoms. The number of hydrogen-bond acceptors (Lipinski definition) is 3. The first kappa shape index (κ1) is 20.1. The van der Waals surface area contributed by atoms with Crippen LogP contribution in [0.15, 0.2) is 0 Å². The highest BCUT2D eigenvalue weighted by atomic mass is 31.2. The number of rotatable bonds is 15. The highest BCUT2D eigenvalue weighted by Crippen LogP contribution is 2.49. The molecule has 3 nitrogen and oxygen atoms in total. The minimum atomic E-state index is -2.84. The van der Waals surface area contributed by atoms with Crippen LogP contribution < -0.4 is 0 Å². The molecule has 0 atom stereocenters. The average Bonchev–Trinajstić information content (AvgIpc) is 2.45. The van der Waals surface area contributed by atoms with E-state index < -0.39 is 7.60 Å². The quantitative estimate of drug-likeness (QED) is 0.268. The molecular weight excluding hydrogens is 271 g/mol. The van der Waals surface area contributed by atoms with Gasteiger partial charge >= 0.3 is 7.60 Å². The Morgan fingerprint density at radius 1 is 0.650 bits per heavy atom. The topological polar surface area (TPSA) is 35.5 Å². The Hall–Kier alpha value is 0.150. The minimum Gasteiger partial charge on any atom is -0.309 e. The van der Waals surface area contributed by atoms with Gasteiger partial charge < -0.3 is 9.05 Å². The van der Waals surface area contributed by atoms with Gasteiger partial charge in [-0.05, 0) is 19.3 Å². The van der Waals surface area contributed by atoms with Gasteiger partial charge in [-0.25, -0.2) is 0 Å². The van der Waals surface area contributed by atoms with E-state index in [1.54, 1.807) is 0 Å². The van der Waals surface area contributed by atoms with Crippen molar-refractivity contribution in [2.24, 2.45) is 0 Å². The molecule has 20 heavy (non-hydrogen) atoms. The lowest BCUT2D eigenvalue weighted by Gasteiger charge is -2.18. The van der Waals surface area contributed by atoms with Gasteiger partial charge in [0, 0.05) is 0 Å². The van der Waals surface area contributed by atoms with E-state index in [2.05, 4.69) is 20.8 Å². The predicted molar refractivity (Wildman–Crippen MR) is 87.6 cm³/mol. The van der Waals surface area contributed by atoms with Crippen LogP contribution in [-0.4, -0.2) is 19.4 Å². The van der Waals surface area contributed by atoms with Crippen molar-refractivity contribution >= 4 is 7.60 Å². The standard InChI is InChI=1S/C16H35O3P/c1-4-7-10-13-16-20(17,18-14-11-8-5-2)19-15-12-9-6-3/h4-16H2,1-3H3. The summed E-state index contributed by atoms with van der Waals surface area (Å²) in [7, 11) is -2.84. The fourth-order valence-electron chi connectivity index (χ4n) is 2.01. The first-order valence-electron chi connectivity index (χ1n) is 8.56. The second-order valence-electron chi connectivity index (χ2n) is 5.48. The van der Waals surface area contributed by atoms with Crippen molar-refractivity contribution in [2.45, 2.75) is 85.0 Å². The van der Waals surface area contributed by atoms with E-state index in [9.17, 15) is 4.57 Å². The Kier molecular flexibility index (Phi) is 14.2. The predicted octanol–water partition coefficient (Wildman–Crippen LogP) is 6.17. The van der Waals surface area contributed by atoms with Gasteiger partial charge in [0.05, 0.1) is 19.4 Å². The molecule has 0 unspecified atom stereocenters. The molecule has 0 aromatic rings. The zero-order chi connectivity index (χ0) is 15.1. The number of unbranched alkanes of at least 4 members (excludes halogenated alkanes) is 7. The lowest BCUT2D eigenvalue weighted by atomic mass is 10.2. The van der Waals surface area contributed by atoms with Crippen molar-refractivity contribution in [3.63, 3.8) is 0 Å². The Labute approximate surface area is 126 Å². The molecule has 0 amide bonds. The van der Waals surface area contributed by atoms with E-state index in [1.807, 2.05) is 0 Å². The monoisotopic (exact) mass is 306 g/mol. The zero-order valence-electron chi connectivity index (χ0n) is 13.9. The highest BCUT2D eigenvalue weighted by molar-refractivity contribution is 7.53. The van der Waals surface area contributed by atoms with Crippen molar-refractivity contribution in [3.05, 3.63) is 0 Å². The van der Waals surface area contributed by atoms with Crippen molar-refractivity contribution < 1.29 is 13.6 Å². The van der Waals surface area contributed by atoms with Gasteiger partial charge in [-0.1, -0.05) is 65.7 Å². The smallest absolute Gasteiger partial charge is 0.309 e. The summed E-state index contributed by atoms with van der Waals surface area (Å²) in [6, 6.07) is 0. The summed E-state index contributed by atoms with van der Waals surface area (Å²) >= 11 is 0. The second-order valence-corrected chi connectivity index (χ2v) is 7.66. The maximum Gasteiger partial charge on any atom is 0.330 e. The highest BCUT2D eigenvalue weighted by Gasteiger charge is 2.23. The third kappa shape index (κ3) is 11.9. The average molecular weight is 306 g/mol. The van der Waals surface area contributed by atoms with Crippen LogP contribution in [-0.2, 0) is 13.6 Å². The van der Waals surface area contributed by atoms with Crippen LogP contribution in [0.25, 0.3) is 0 Å². The van der Waals surface area contributed by atoms with Gasteiger partial charge in [0.15, 0.2) is 0 Å². The van der Waals surface area contributed by atoms with Gasteiger partial charge in [0.1, 0.15) is 0 Å². The third-order valence-corrected chi connectivity index (χ3v) is 5.37. The van der Waals surface area contributed by atoms with Gasteiger partial charge in [0.2, 0.25) is 0 Å². The molecule has 122 valence electrons. The fraction of sp³-hybridized carbons (Fsp3) is 1.00. The van der Waals surface area contributed by atoms with Crippen LogP contribution in [0.2, 0.25) is 0 Å². The summed E-state index contributed by atoms with van der Waals surface area (Å²) in [5.74, 6) is 0. The molecule has 0 aromatic heterocycles. The van der Waals surface area contributed by atoms with Gasteiger partial charge in [-0.3, -0.25) is 4.57 Å². The second kappa shape index (κ2) is 14.1. The Morgan fingerprint density at radius 3 is 1.55 bits per heavy atom. The first-order chi connectivity index (χ1) is 9.68. The summed E-state index contributed by atoms with van der Waals surface area (Å²) in [5, 5.41) is 0. The summed E-state index contributed by atoms with van der Waals surface area (Å²) in [4.78, 5) is 0. The molecule has 0 saturated heterocycles. The van der Waals surface area contributed by atoms with E-state index in [1.165, 1.54) is 12.8 Å². The SMILES string of the molecule is CCCCCCP(=O)(OCCCCC)OCCCCC. The van der Waals surface area contributed by atoms with Crippen LogP contribution in [0.5, 0.6) is 0 Å². The molecule has 0 radical (unpaired) electrons. The Bertz CT molecular complexity index is 206. The van der Waals surface area contributed by atoms with Crippen molar-refractivity contribution in [1.29, 1.82) is 0 Å². The normalized spacial score (nSPS) is 11.9. The molecule has 0 aliphatic heterocycles. The number of hydrogen-bond donors (Lipinski definition) is 0. The molecule has 0 saturated carbocycles. The molecule has 0 aliphatic rings. The summed E-state index contributed by atoms with van der Waals surface area (Å²) < 4.78 is 23.9. The van der Waals surface area contributed by atoms with E-state index >= 15 is 0 Å². The molecular formula is C16H35O3P. The van der Waals surface area contributed by atoms with Crippen LogP contribution in [0.3, 0.4) is 0 Å². The molecule has 4 heteroatoms. The summed E-state index contributed by atoms with van der Waals surface area (Å²) in [6.07, 6.45) is 11.6. The Balaban J connectivity index is 4.02. The van der Waals surface area contributed by atoms with Crippen molar-refractivity contribution in [2.75, 3.05) is 19.4 Å². The molecule has 0 fully saturated rings. The van der Waals surface area contributed by atoms with E-state index in [-0.39, 0.29) is 0 Å². The maximum absolute atomic E-state index is 12.7.